The van der Waals surface area contributed by atoms with Crippen molar-refractivity contribution in [2.24, 2.45) is 0 Å². The number of rotatable bonds is 4. The summed E-state index contributed by atoms with van der Waals surface area (Å²) in [5.41, 5.74) is 1.88. The number of para-hydroxylation sites is 1. The molecule has 0 aliphatic heterocycles. The van der Waals surface area contributed by atoms with E-state index in [1.54, 1.807) is 4.90 Å². The molecule has 3 nitrogen and oxygen atoms in total. The monoisotopic (exact) mass is 359 g/mol. The van der Waals surface area contributed by atoms with E-state index in [0.717, 1.165) is 35.0 Å². The summed E-state index contributed by atoms with van der Waals surface area (Å²) in [6.45, 7) is 0.299. The molecule has 0 heterocycles. The number of hydrogen-bond acceptors (Lipinski definition) is 2. The number of carbonyl (C=O) groups is 1. The average Bonchev–Trinajstić information content (AvgIpc) is 2.50. The van der Waals surface area contributed by atoms with Crippen LogP contribution in [0.2, 0.25) is 0 Å². The minimum atomic E-state index is -0.277. The first-order valence-corrected chi connectivity index (χ1v) is 8.29. The maximum atomic E-state index is 12.6. The first-order valence-electron chi connectivity index (χ1n) is 7.50. The van der Waals surface area contributed by atoms with Crippen LogP contribution in [-0.4, -0.2) is 12.1 Å². The largest absolute Gasteiger partial charge is 0.444 e. The third-order valence-corrected chi connectivity index (χ3v) is 4.62. The van der Waals surface area contributed by atoms with E-state index in [4.69, 9.17) is 4.74 Å². The number of ether oxygens (including phenoxy) is 1. The molecule has 1 aliphatic carbocycles. The molecule has 0 N–H and O–H groups in total. The number of carbonyl (C=O) groups excluding carboxylic acids is 1. The molecule has 1 saturated carbocycles. The summed E-state index contributed by atoms with van der Waals surface area (Å²) in [4.78, 5) is 14.4. The summed E-state index contributed by atoms with van der Waals surface area (Å²) in [6.07, 6.45) is 2.95. The predicted octanol–water partition coefficient (Wildman–Crippen LogP) is 5.14. The van der Waals surface area contributed by atoms with Crippen LogP contribution in [0.25, 0.3) is 0 Å². The van der Waals surface area contributed by atoms with Gasteiger partial charge < -0.3 is 4.74 Å². The van der Waals surface area contributed by atoms with Crippen LogP contribution >= 0.6 is 15.9 Å². The van der Waals surface area contributed by atoms with Crippen molar-refractivity contribution in [3.05, 3.63) is 64.6 Å². The van der Waals surface area contributed by atoms with Gasteiger partial charge in [-0.2, -0.15) is 0 Å². The Balaban J connectivity index is 1.75. The number of anilines is 1. The quantitative estimate of drug-likeness (QED) is 0.755. The Hall–Kier alpha value is -1.81. The van der Waals surface area contributed by atoms with Crippen molar-refractivity contribution in [1.29, 1.82) is 0 Å². The van der Waals surface area contributed by atoms with Gasteiger partial charge in [0.15, 0.2) is 0 Å². The van der Waals surface area contributed by atoms with Gasteiger partial charge in [0.2, 0.25) is 0 Å². The molecule has 0 radical (unpaired) electrons. The van der Waals surface area contributed by atoms with Gasteiger partial charge in [0.1, 0.15) is 6.61 Å². The van der Waals surface area contributed by atoms with Crippen molar-refractivity contribution >= 4 is 27.7 Å². The van der Waals surface area contributed by atoms with Crippen LogP contribution in [-0.2, 0) is 11.3 Å². The van der Waals surface area contributed by atoms with E-state index in [0.29, 0.717) is 6.61 Å². The van der Waals surface area contributed by atoms with Crippen LogP contribution in [0.3, 0.4) is 0 Å². The topological polar surface area (TPSA) is 29.5 Å². The van der Waals surface area contributed by atoms with Crippen LogP contribution in [0.1, 0.15) is 24.8 Å². The molecular weight excluding hydrogens is 342 g/mol. The van der Waals surface area contributed by atoms with Gasteiger partial charge >= 0.3 is 6.09 Å². The van der Waals surface area contributed by atoms with Crippen LogP contribution in [0, 0.1) is 0 Å². The summed E-state index contributed by atoms with van der Waals surface area (Å²) in [7, 11) is 0. The molecule has 1 amide bonds. The average molecular weight is 360 g/mol. The Kier molecular flexibility index (Phi) is 4.78. The Morgan fingerprint density at radius 1 is 1.09 bits per heavy atom. The maximum absolute atomic E-state index is 12.6. The molecule has 1 aliphatic rings. The summed E-state index contributed by atoms with van der Waals surface area (Å²) in [5, 5.41) is 0. The second-order valence-corrected chi connectivity index (χ2v) is 6.30. The minimum Gasteiger partial charge on any atom is -0.444 e. The summed E-state index contributed by atoms with van der Waals surface area (Å²) in [6, 6.07) is 17.8. The highest BCUT2D eigenvalue weighted by atomic mass is 79.9. The molecule has 114 valence electrons. The zero-order valence-electron chi connectivity index (χ0n) is 12.2. The van der Waals surface area contributed by atoms with Crippen LogP contribution in [0.4, 0.5) is 10.5 Å². The molecule has 1 fully saturated rings. The van der Waals surface area contributed by atoms with E-state index >= 15 is 0 Å². The van der Waals surface area contributed by atoms with Gasteiger partial charge in [-0.15, -0.1) is 0 Å². The normalized spacial score (nSPS) is 14.2. The van der Waals surface area contributed by atoms with Crippen molar-refractivity contribution in [2.75, 3.05) is 4.90 Å². The number of hydrogen-bond donors (Lipinski definition) is 0. The van der Waals surface area contributed by atoms with E-state index in [9.17, 15) is 4.79 Å². The maximum Gasteiger partial charge on any atom is 0.414 e. The lowest BCUT2D eigenvalue weighted by Crippen LogP contribution is -2.44. The number of benzene rings is 2. The second-order valence-electron chi connectivity index (χ2n) is 5.45. The molecule has 3 rings (SSSR count). The van der Waals surface area contributed by atoms with Crippen molar-refractivity contribution in [2.45, 2.75) is 31.9 Å². The van der Waals surface area contributed by atoms with Gasteiger partial charge in [-0.05, 0) is 52.9 Å². The molecule has 22 heavy (non-hydrogen) atoms. The summed E-state index contributed by atoms with van der Waals surface area (Å²) < 4.78 is 6.44. The van der Waals surface area contributed by atoms with Crippen LogP contribution in [0.15, 0.2) is 59.1 Å². The lowest BCUT2D eigenvalue weighted by molar-refractivity contribution is 0.141. The molecular formula is C18H18BrNO2. The molecule has 4 heteroatoms. The van der Waals surface area contributed by atoms with Crippen molar-refractivity contribution < 1.29 is 9.53 Å². The molecule has 0 unspecified atom stereocenters. The summed E-state index contributed by atoms with van der Waals surface area (Å²) in [5.74, 6) is 0. The first-order chi connectivity index (χ1) is 10.8. The van der Waals surface area contributed by atoms with Crippen LogP contribution < -0.4 is 4.90 Å². The standard InChI is InChI=1S/C18H18BrNO2/c19-16-11-4-5-12-17(16)20(15-9-6-10-15)18(21)22-13-14-7-2-1-3-8-14/h1-5,7-8,11-12,15H,6,9-10,13H2. The van der Waals surface area contributed by atoms with Crippen molar-refractivity contribution in [3.8, 4) is 0 Å². The van der Waals surface area contributed by atoms with Crippen molar-refractivity contribution in [3.63, 3.8) is 0 Å². The van der Waals surface area contributed by atoms with E-state index in [1.165, 1.54) is 0 Å². The third-order valence-electron chi connectivity index (χ3n) is 3.95. The van der Waals surface area contributed by atoms with Gasteiger partial charge in [-0.25, -0.2) is 4.79 Å². The fourth-order valence-electron chi connectivity index (χ4n) is 2.52. The minimum absolute atomic E-state index is 0.238. The second kappa shape index (κ2) is 6.97. The molecule has 0 saturated heterocycles. The van der Waals surface area contributed by atoms with Crippen LogP contribution in [0.5, 0.6) is 0 Å². The smallest absolute Gasteiger partial charge is 0.414 e. The van der Waals surface area contributed by atoms with E-state index < -0.39 is 0 Å². The van der Waals surface area contributed by atoms with Crippen molar-refractivity contribution in [1.82, 2.24) is 0 Å². The summed E-state index contributed by atoms with van der Waals surface area (Å²) >= 11 is 3.53. The zero-order chi connectivity index (χ0) is 15.4. The zero-order valence-corrected chi connectivity index (χ0v) is 13.8. The van der Waals surface area contributed by atoms with Gasteiger partial charge in [0, 0.05) is 10.5 Å². The molecule has 2 aromatic carbocycles. The third kappa shape index (κ3) is 3.33. The van der Waals surface area contributed by atoms with Gasteiger partial charge in [0.05, 0.1) is 5.69 Å². The van der Waals surface area contributed by atoms with Gasteiger partial charge in [-0.1, -0.05) is 42.5 Å². The van der Waals surface area contributed by atoms with Gasteiger partial charge in [-0.3, -0.25) is 4.90 Å². The van der Waals surface area contributed by atoms with Gasteiger partial charge in [0.25, 0.3) is 0 Å². The lowest BCUT2D eigenvalue weighted by Gasteiger charge is -2.37. The Labute approximate surface area is 139 Å². The Morgan fingerprint density at radius 3 is 2.41 bits per heavy atom. The van der Waals surface area contributed by atoms with E-state index in [1.807, 2.05) is 54.6 Å². The highest BCUT2D eigenvalue weighted by molar-refractivity contribution is 9.10. The molecule has 0 spiro atoms. The SMILES string of the molecule is O=C(OCc1ccccc1)N(c1ccccc1Br)C1CCC1. The highest BCUT2D eigenvalue weighted by Gasteiger charge is 2.32. The number of amides is 1. The Bertz CT molecular complexity index is 641. The first kappa shape index (κ1) is 15.1. The molecule has 0 bridgehead atoms. The molecule has 0 atom stereocenters. The van der Waals surface area contributed by atoms with E-state index in [-0.39, 0.29) is 12.1 Å². The fraction of sp³-hybridized carbons (Fsp3) is 0.278. The highest BCUT2D eigenvalue weighted by Crippen LogP contribution is 2.34. The lowest BCUT2D eigenvalue weighted by atomic mass is 9.91. The number of nitrogens with zero attached hydrogens (tertiary/aromatic N) is 1. The Morgan fingerprint density at radius 2 is 1.77 bits per heavy atom. The fourth-order valence-corrected chi connectivity index (χ4v) is 3.00. The molecule has 0 aromatic heterocycles. The predicted molar refractivity (Wildman–Crippen MR) is 90.9 cm³/mol. The number of halogens is 1. The molecule has 2 aromatic rings. The van der Waals surface area contributed by atoms with E-state index in [2.05, 4.69) is 15.9 Å².